The van der Waals surface area contributed by atoms with Gasteiger partial charge in [-0.2, -0.15) is 0 Å². The third kappa shape index (κ3) is 6.65. The normalized spacial score (nSPS) is 9.93. The van der Waals surface area contributed by atoms with Crippen LogP contribution in [0.4, 0.5) is 8.78 Å². The molecule has 3 rings (SSSR count). The van der Waals surface area contributed by atoms with Gasteiger partial charge in [-0.25, -0.2) is 8.78 Å². The Morgan fingerprint density at radius 3 is 1.96 bits per heavy atom. The lowest BCUT2D eigenvalue weighted by molar-refractivity contribution is 0.282. The molecule has 0 aliphatic heterocycles. The first-order chi connectivity index (χ1) is 13.0. The fraction of sp³-hybridized carbons (Fsp3) is 0.143. The second-order valence-corrected chi connectivity index (χ2v) is 6.68. The molecule has 0 amide bonds. The maximum absolute atomic E-state index is 13.7. The number of aliphatic hydroxyl groups excluding tert-OH is 1. The fourth-order valence-electron chi connectivity index (χ4n) is 2.42. The zero-order chi connectivity index (χ0) is 19.8. The Hall–Kier alpha value is -1.83. The summed E-state index contributed by atoms with van der Waals surface area (Å²) in [4.78, 5) is 0. The lowest BCUT2D eigenvalue weighted by Crippen LogP contribution is -1.97. The van der Waals surface area contributed by atoms with Gasteiger partial charge in [0.05, 0.1) is 11.1 Å². The van der Waals surface area contributed by atoms with E-state index in [4.69, 9.17) is 16.6 Å². The highest BCUT2D eigenvalue weighted by molar-refractivity contribution is 9.10. The van der Waals surface area contributed by atoms with Crippen molar-refractivity contribution in [2.24, 2.45) is 11.5 Å². The molecule has 3 aromatic rings. The van der Waals surface area contributed by atoms with Crippen molar-refractivity contribution in [1.82, 2.24) is 0 Å². The standard InChI is InChI=1S/C14H14FNO.C7H7BrFN.ClH/c15-14-5-4-10(8-16)7-13(14)12-3-1-2-11(6-12)9-17;8-6-3-5(4-10)1-2-7(6)9;/h1-7,17H,8-9,16H2;1-3H,4,10H2;1H. The van der Waals surface area contributed by atoms with Gasteiger partial charge in [0.15, 0.2) is 0 Å². The van der Waals surface area contributed by atoms with Gasteiger partial charge in [0.1, 0.15) is 11.6 Å². The summed E-state index contributed by atoms with van der Waals surface area (Å²) in [7, 11) is 0. The van der Waals surface area contributed by atoms with Crippen molar-refractivity contribution in [3.05, 3.63) is 93.5 Å². The van der Waals surface area contributed by atoms with Gasteiger partial charge in [-0.15, -0.1) is 12.4 Å². The molecule has 0 radical (unpaired) electrons. The number of hydrogen-bond donors (Lipinski definition) is 3. The Kier molecular flexibility index (Phi) is 10.3. The molecule has 0 fully saturated rings. The maximum atomic E-state index is 13.7. The lowest BCUT2D eigenvalue weighted by atomic mass is 10.0. The van der Waals surface area contributed by atoms with Gasteiger partial charge in [-0.05, 0) is 68.5 Å². The van der Waals surface area contributed by atoms with Gasteiger partial charge in [-0.1, -0.05) is 30.3 Å². The van der Waals surface area contributed by atoms with Crippen molar-refractivity contribution in [2.75, 3.05) is 0 Å². The summed E-state index contributed by atoms with van der Waals surface area (Å²) in [5.74, 6) is -0.533. The molecule has 0 saturated carbocycles. The van der Waals surface area contributed by atoms with Gasteiger partial charge >= 0.3 is 0 Å². The lowest BCUT2D eigenvalue weighted by Gasteiger charge is -2.07. The Bertz CT molecular complexity index is 909. The van der Waals surface area contributed by atoms with E-state index >= 15 is 0 Å². The van der Waals surface area contributed by atoms with E-state index in [-0.39, 0.29) is 30.6 Å². The summed E-state index contributed by atoms with van der Waals surface area (Å²) in [6.07, 6.45) is 0. The first-order valence-corrected chi connectivity index (χ1v) is 9.10. The molecular formula is C21H22BrClF2N2O. The van der Waals surface area contributed by atoms with Crippen LogP contribution in [0, 0.1) is 11.6 Å². The van der Waals surface area contributed by atoms with Crippen molar-refractivity contribution < 1.29 is 13.9 Å². The van der Waals surface area contributed by atoms with Crippen LogP contribution >= 0.6 is 28.3 Å². The predicted octanol–water partition coefficient (Wildman–Crippen LogP) is 4.91. The minimum Gasteiger partial charge on any atom is -0.392 e. The summed E-state index contributed by atoms with van der Waals surface area (Å²) in [6, 6.07) is 16.8. The van der Waals surface area contributed by atoms with E-state index in [0.717, 1.165) is 22.3 Å². The van der Waals surface area contributed by atoms with E-state index in [1.165, 1.54) is 12.1 Å². The fourth-order valence-corrected chi connectivity index (χ4v) is 2.85. The Morgan fingerprint density at radius 1 is 0.786 bits per heavy atom. The molecular weight excluding hydrogens is 450 g/mol. The molecule has 0 heterocycles. The maximum Gasteiger partial charge on any atom is 0.137 e. The predicted molar refractivity (Wildman–Crippen MR) is 115 cm³/mol. The molecule has 0 aromatic heterocycles. The number of aliphatic hydroxyl groups is 1. The van der Waals surface area contributed by atoms with Gasteiger partial charge in [0, 0.05) is 18.7 Å². The smallest absolute Gasteiger partial charge is 0.137 e. The van der Waals surface area contributed by atoms with E-state index in [2.05, 4.69) is 15.9 Å². The Balaban J connectivity index is 0.000000307. The van der Waals surface area contributed by atoms with Crippen LogP contribution in [0.3, 0.4) is 0 Å². The van der Waals surface area contributed by atoms with E-state index in [0.29, 0.717) is 23.1 Å². The van der Waals surface area contributed by atoms with Crippen LogP contribution < -0.4 is 11.5 Å². The first-order valence-electron chi connectivity index (χ1n) is 8.31. The second-order valence-electron chi connectivity index (χ2n) is 5.83. The van der Waals surface area contributed by atoms with Crippen LogP contribution in [0.5, 0.6) is 0 Å². The molecule has 3 nitrogen and oxygen atoms in total. The average molecular weight is 472 g/mol. The number of hydrogen-bond acceptors (Lipinski definition) is 3. The number of halogens is 4. The summed E-state index contributed by atoms with van der Waals surface area (Å²) < 4.78 is 26.7. The number of rotatable bonds is 4. The second kappa shape index (κ2) is 11.9. The van der Waals surface area contributed by atoms with Crippen LogP contribution in [-0.4, -0.2) is 5.11 Å². The molecule has 28 heavy (non-hydrogen) atoms. The zero-order valence-electron chi connectivity index (χ0n) is 15.0. The molecule has 0 unspecified atom stereocenters. The first kappa shape index (κ1) is 24.2. The summed E-state index contributed by atoms with van der Waals surface area (Å²) in [6.45, 7) is 0.776. The average Bonchev–Trinajstić information content (AvgIpc) is 2.71. The molecule has 0 aliphatic carbocycles. The van der Waals surface area contributed by atoms with Gasteiger partial charge < -0.3 is 16.6 Å². The Morgan fingerprint density at radius 2 is 1.39 bits per heavy atom. The van der Waals surface area contributed by atoms with Crippen LogP contribution in [0.15, 0.2) is 65.1 Å². The van der Waals surface area contributed by atoms with E-state index in [1.807, 2.05) is 6.07 Å². The number of nitrogens with two attached hydrogens (primary N) is 2. The minimum absolute atomic E-state index is 0. The topological polar surface area (TPSA) is 72.3 Å². The van der Waals surface area contributed by atoms with Crippen LogP contribution in [0.2, 0.25) is 0 Å². The SMILES string of the molecule is Cl.NCc1ccc(F)c(-c2cccc(CO)c2)c1.NCc1ccc(F)c(Br)c1. The number of benzene rings is 3. The minimum atomic E-state index is -0.280. The van der Waals surface area contributed by atoms with Crippen LogP contribution in [0.25, 0.3) is 11.1 Å². The molecule has 5 N–H and O–H groups in total. The van der Waals surface area contributed by atoms with Gasteiger partial charge in [-0.3, -0.25) is 0 Å². The highest BCUT2D eigenvalue weighted by atomic mass is 79.9. The molecule has 0 aliphatic rings. The van der Waals surface area contributed by atoms with Crippen LogP contribution in [0.1, 0.15) is 16.7 Å². The molecule has 150 valence electrons. The molecule has 0 saturated heterocycles. The highest BCUT2D eigenvalue weighted by Gasteiger charge is 2.06. The van der Waals surface area contributed by atoms with Gasteiger partial charge in [0.25, 0.3) is 0 Å². The molecule has 0 atom stereocenters. The largest absolute Gasteiger partial charge is 0.392 e. The van der Waals surface area contributed by atoms with Crippen molar-refractivity contribution in [3.8, 4) is 11.1 Å². The molecule has 3 aromatic carbocycles. The monoisotopic (exact) mass is 470 g/mol. The van der Waals surface area contributed by atoms with E-state index in [9.17, 15) is 8.78 Å². The summed E-state index contributed by atoms with van der Waals surface area (Å²) in [5, 5.41) is 9.07. The van der Waals surface area contributed by atoms with Crippen molar-refractivity contribution in [3.63, 3.8) is 0 Å². The highest BCUT2D eigenvalue weighted by Crippen LogP contribution is 2.25. The van der Waals surface area contributed by atoms with Crippen LogP contribution in [-0.2, 0) is 19.7 Å². The third-order valence-corrected chi connectivity index (χ3v) is 4.51. The van der Waals surface area contributed by atoms with Crippen molar-refractivity contribution >= 4 is 28.3 Å². The summed E-state index contributed by atoms with van der Waals surface area (Å²) in [5.41, 5.74) is 14.7. The van der Waals surface area contributed by atoms with Crippen molar-refractivity contribution in [1.29, 1.82) is 0 Å². The Labute approximate surface area is 177 Å². The van der Waals surface area contributed by atoms with E-state index < -0.39 is 0 Å². The van der Waals surface area contributed by atoms with Gasteiger partial charge in [0.2, 0.25) is 0 Å². The molecule has 0 spiro atoms. The third-order valence-electron chi connectivity index (χ3n) is 3.91. The van der Waals surface area contributed by atoms with E-state index in [1.54, 1.807) is 42.5 Å². The summed E-state index contributed by atoms with van der Waals surface area (Å²) >= 11 is 3.06. The molecule has 7 heteroatoms. The van der Waals surface area contributed by atoms with Crippen molar-refractivity contribution in [2.45, 2.75) is 19.7 Å². The quantitative estimate of drug-likeness (QED) is 0.506. The molecule has 0 bridgehead atoms. The zero-order valence-corrected chi connectivity index (χ0v) is 17.4.